The monoisotopic (exact) mass is 206 g/mol. The van der Waals surface area contributed by atoms with Crippen LogP contribution in [0.3, 0.4) is 0 Å². The Kier molecular flexibility index (Phi) is 3.61. The smallest absolute Gasteiger partial charge is 0.0597 e. The van der Waals surface area contributed by atoms with Gasteiger partial charge in [0.05, 0.1) is 11.4 Å². The molecule has 0 aliphatic carbocycles. The predicted molar refractivity (Wildman–Crippen MR) is 68.2 cm³/mol. The number of benzene rings is 1. The number of hydrogen-bond donors (Lipinski definition) is 1. The summed E-state index contributed by atoms with van der Waals surface area (Å²) in [6.45, 7) is 7.82. The van der Waals surface area contributed by atoms with E-state index in [0.717, 1.165) is 24.3 Å². The van der Waals surface area contributed by atoms with Crippen LogP contribution in [-0.2, 0) is 0 Å². The van der Waals surface area contributed by atoms with Gasteiger partial charge in [0.25, 0.3) is 0 Å². The van der Waals surface area contributed by atoms with E-state index in [2.05, 4.69) is 38.8 Å². The molecule has 0 amide bonds. The first kappa shape index (κ1) is 11.9. The molecule has 0 radical (unpaired) electrons. The molecule has 2 nitrogen and oxygen atoms in total. The van der Waals surface area contributed by atoms with E-state index in [0.29, 0.717) is 5.41 Å². The Morgan fingerprint density at radius 2 is 1.80 bits per heavy atom. The maximum atomic E-state index is 5.92. The third kappa shape index (κ3) is 3.82. The van der Waals surface area contributed by atoms with Gasteiger partial charge in [-0.3, -0.25) is 0 Å². The number of rotatable bonds is 3. The highest BCUT2D eigenvalue weighted by molar-refractivity contribution is 5.66. The summed E-state index contributed by atoms with van der Waals surface area (Å²) in [5.41, 5.74) is 8.27. The Morgan fingerprint density at radius 3 is 2.33 bits per heavy atom. The van der Waals surface area contributed by atoms with Crippen molar-refractivity contribution in [1.29, 1.82) is 0 Å². The van der Waals surface area contributed by atoms with Crippen molar-refractivity contribution in [2.75, 3.05) is 24.2 Å². The summed E-state index contributed by atoms with van der Waals surface area (Å²) in [4.78, 5) is 2.22. The molecule has 0 atom stereocenters. The molecule has 0 aliphatic rings. The molecule has 1 rings (SSSR count). The lowest BCUT2D eigenvalue weighted by atomic mass is 9.92. The molecule has 2 heteroatoms. The molecule has 0 bridgehead atoms. The highest BCUT2D eigenvalue weighted by Gasteiger charge is 2.12. The molecule has 0 fully saturated rings. The maximum Gasteiger partial charge on any atom is 0.0597 e. The molecule has 1 aromatic rings. The fraction of sp³-hybridized carbons (Fsp3) is 0.538. The molecule has 0 aliphatic heterocycles. The summed E-state index contributed by atoms with van der Waals surface area (Å²) in [6.07, 6.45) is 1.16. The largest absolute Gasteiger partial charge is 0.397 e. The Morgan fingerprint density at radius 1 is 1.20 bits per heavy atom. The van der Waals surface area contributed by atoms with Gasteiger partial charge in [0, 0.05) is 13.6 Å². The van der Waals surface area contributed by atoms with Crippen molar-refractivity contribution >= 4 is 11.4 Å². The zero-order valence-electron chi connectivity index (χ0n) is 10.2. The molecule has 2 N–H and O–H groups in total. The van der Waals surface area contributed by atoms with E-state index in [9.17, 15) is 0 Å². The standard InChI is InChI=1S/C13H22N2/c1-13(2,3)9-10-15(4)12-8-6-5-7-11(12)14/h5-8H,9-10,14H2,1-4H3. The molecule has 84 valence electrons. The molecule has 0 aromatic heterocycles. The Balaban J connectivity index is 2.62. The fourth-order valence-corrected chi connectivity index (χ4v) is 1.46. The van der Waals surface area contributed by atoms with Crippen LogP contribution in [-0.4, -0.2) is 13.6 Å². The highest BCUT2D eigenvalue weighted by atomic mass is 15.1. The van der Waals surface area contributed by atoms with Crippen LogP contribution < -0.4 is 10.6 Å². The number of nitrogens with two attached hydrogens (primary N) is 1. The lowest BCUT2D eigenvalue weighted by molar-refractivity contribution is 0.382. The molecule has 0 saturated carbocycles. The van der Waals surface area contributed by atoms with E-state index in [-0.39, 0.29) is 0 Å². The number of nitrogen functional groups attached to an aromatic ring is 1. The maximum absolute atomic E-state index is 5.92. The summed E-state index contributed by atoms with van der Waals surface area (Å²) in [5, 5.41) is 0. The SMILES string of the molecule is CN(CCC(C)(C)C)c1ccccc1N. The summed E-state index contributed by atoms with van der Waals surface area (Å²) in [5.74, 6) is 0. The average molecular weight is 206 g/mol. The van der Waals surface area contributed by atoms with Gasteiger partial charge in [-0.15, -0.1) is 0 Å². The van der Waals surface area contributed by atoms with E-state index in [1.54, 1.807) is 0 Å². The summed E-state index contributed by atoms with van der Waals surface area (Å²) in [6, 6.07) is 8.01. The van der Waals surface area contributed by atoms with Gasteiger partial charge in [-0.1, -0.05) is 32.9 Å². The van der Waals surface area contributed by atoms with Gasteiger partial charge in [0.15, 0.2) is 0 Å². The van der Waals surface area contributed by atoms with Crippen LogP contribution >= 0.6 is 0 Å². The average Bonchev–Trinajstić information content (AvgIpc) is 2.14. The van der Waals surface area contributed by atoms with Gasteiger partial charge in [-0.2, -0.15) is 0 Å². The van der Waals surface area contributed by atoms with Crippen LogP contribution in [0.2, 0.25) is 0 Å². The van der Waals surface area contributed by atoms with Crippen molar-refractivity contribution in [3.8, 4) is 0 Å². The second kappa shape index (κ2) is 4.56. The predicted octanol–water partition coefficient (Wildman–Crippen LogP) is 3.14. The first-order valence-electron chi connectivity index (χ1n) is 5.46. The summed E-state index contributed by atoms with van der Waals surface area (Å²) in [7, 11) is 2.09. The van der Waals surface area contributed by atoms with E-state index < -0.39 is 0 Å². The normalized spacial score (nSPS) is 11.5. The van der Waals surface area contributed by atoms with Crippen LogP contribution in [0.4, 0.5) is 11.4 Å². The highest BCUT2D eigenvalue weighted by Crippen LogP contribution is 2.24. The van der Waals surface area contributed by atoms with Crippen LogP contribution in [0.1, 0.15) is 27.2 Å². The third-order valence-electron chi connectivity index (χ3n) is 2.55. The van der Waals surface area contributed by atoms with Crippen molar-refractivity contribution < 1.29 is 0 Å². The van der Waals surface area contributed by atoms with Crippen LogP contribution in [0.15, 0.2) is 24.3 Å². The zero-order chi connectivity index (χ0) is 11.5. The topological polar surface area (TPSA) is 29.3 Å². The minimum atomic E-state index is 0.373. The van der Waals surface area contributed by atoms with E-state index in [4.69, 9.17) is 5.73 Å². The third-order valence-corrected chi connectivity index (χ3v) is 2.55. The number of nitrogens with zero attached hydrogens (tertiary/aromatic N) is 1. The van der Waals surface area contributed by atoms with Crippen molar-refractivity contribution in [2.45, 2.75) is 27.2 Å². The Bertz CT molecular complexity index is 313. The molecule has 15 heavy (non-hydrogen) atoms. The van der Waals surface area contributed by atoms with Gasteiger partial charge >= 0.3 is 0 Å². The second-order valence-electron chi connectivity index (χ2n) is 5.29. The van der Waals surface area contributed by atoms with E-state index in [1.165, 1.54) is 0 Å². The molecule has 0 heterocycles. The summed E-state index contributed by atoms with van der Waals surface area (Å²) >= 11 is 0. The van der Waals surface area contributed by atoms with Gasteiger partial charge in [-0.05, 0) is 24.0 Å². The lowest BCUT2D eigenvalue weighted by Gasteiger charge is -2.25. The summed E-state index contributed by atoms with van der Waals surface area (Å²) < 4.78 is 0. The number of para-hydroxylation sites is 2. The fourth-order valence-electron chi connectivity index (χ4n) is 1.46. The quantitative estimate of drug-likeness (QED) is 0.770. The first-order valence-corrected chi connectivity index (χ1v) is 5.46. The Labute approximate surface area is 93.1 Å². The molecular weight excluding hydrogens is 184 g/mol. The van der Waals surface area contributed by atoms with Gasteiger partial charge in [0.2, 0.25) is 0 Å². The molecule has 1 aromatic carbocycles. The number of anilines is 2. The van der Waals surface area contributed by atoms with Gasteiger partial charge in [-0.25, -0.2) is 0 Å². The van der Waals surface area contributed by atoms with Crippen molar-refractivity contribution in [1.82, 2.24) is 0 Å². The van der Waals surface area contributed by atoms with Crippen LogP contribution in [0.25, 0.3) is 0 Å². The zero-order valence-corrected chi connectivity index (χ0v) is 10.2. The van der Waals surface area contributed by atoms with Crippen molar-refractivity contribution in [2.24, 2.45) is 5.41 Å². The van der Waals surface area contributed by atoms with Crippen LogP contribution in [0.5, 0.6) is 0 Å². The molecule has 0 spiro atoms. The van der Waals surface area contributed by atoms with E-state index in [1.807, 2.05) is 18.2 Å². The molecule has 0 saturated heterocycles. The molecule has 0 unspecified atom stereocenters. The lowest BCUT2D eigenvalue weighted by Crippen LogP contribution is -2.23. The minimum Gasteiger partial charge on any atom is -0.397 e. The van der Waals surface area contributed by atoms with E-state index >= 15 is 0 Å². The van der Waals surface area contributed by atoms with Crippen molar-refractivity contribution in [3.63, 3.8) is 0 Å². The van der Waals surface area contributed by atoms with Gasteiger partial charge < -0.3 is 10.6 Å². The Hall–Kier alpha value is -1.18. The van der Waals surface area contributed by atoms with Crippen LogP contribution in [0, 0.1) is 5.41 Å². The molecular formula is C13H22N2. The first-order chi connectivity index (χ1) is 6.90. The van der Waals surface area contributed by atoms with Crippen molar-refractivity contribution in [3.05, 3.63) is 24.3 Å². The second-order valence-corrected chi connectivity index (χ2v) is 5.29. The number of hydrogen-bond acceptors (Lipinski definition) is 2. The van der Waals surface area contributed by atoms with Gasteiger partial charge in [0.1, 0.15) is 0 Å². The minimum absolute atomic E-state index is 0.373.